The molecule has 0 radical (unpaired) electrons. The predicted octanol–water partition coefficient (Wildman–Crippen LogP) is 6.01. The van der Waals surface area contributed by atoms with Crippen LogP contribution in [-0.2, 0) is 6.18 Å². The van der Waals surface area contributed by atoms with Gasteiger partial charge in [0.1, 0.15) is 12.1 Å². The van der Waals surface area contributed by atoms with Crippen LogP contribution in [0.25, 0.3) is 28.0 Å². The van der Waals surface area contributed by atoms with Gasteiger partial charge >= 0.3 is 6.18 Å². The number of nitrogens with one attached hydrogen (secondary N) is 1. The first kappa shape index (κ1) is 26.7. The highest BCUT2D eigenvalue weighted by Crippen LogP contribution is 2.40. The van der Waals surface area contributed by atoms with Crippen LogP contribution in [0, 0.1) is 0 Å². The quantitative estimate of drug-likeness (QED) is 0.253. The van der Waals surface area contributed by atoms with Crippen molar-refractivity contribution in [1.29, 1.82) is 0 Å². The molecule has 4 heterocycles. The van der Waals surface area contributed by atoms with Crippen molar-refractivity contribution < 1.29 is 18.3 Å². The standard InChI is InChI=1S/C30H28F3N7O/c1-19(20-7-3-2-4-8-20)36-25-16-22(12-13-34-25)27-26(21-9-5-10-23(15-21)30(31,32)33)28-38-35-18-40(28)29(37-27)39-14-6-11-24(39)17-41/h2-5,7-10,12-13,15-16,18-19,24,41H,6,11,14,17H2,1H3,(H,34,36)/t19-,24-/m0/s1. The Hall–Kier alpha value is -4.51. The number of aliphatic hydroxyl groups is 1. The van der Waals surface area contributed by atoms with Gasteiger partial charge in [-0.2, -0.15) is 13.2 Å². The van der Waals surface area contributed by atoms with E-state index in [0.717, 1.165) is 30.5 Å². The number of alkyl halides is 3. The third-order valence-electron chi connectivity index (χ3n) is 7.46. The SMILES string of the molecule is C[C@H](Nc1cc(-c2nc(N3CCC[C@H]3CO)n3cnnc3c2-c2cccc(C(F)(F)F)c2)ccn1)c1ccccc1. The molecule has 0 spiro atoms. The summed E-state index contributed by atoms with van der Waals surface area (Å²) in [4.78, 5) is 11.5. The zero-order chi connectivity index (χ0) is 28.6. The smallest absolute Gasteiger partial charge is 0.394 e. The lowest BCUT2D eigenvalue weighted by atomic mass is 9.98. The summed E-state index contributed by atoms with van der Waals surface area (Å²) in [5.74, 6) is 1.11. The van der Waals surface area contributed by atoms with Crippen LogP contribution in [0.2, 0.25) is 0 Å². The van der Waals surface area contributed by atoms with Gasteiger partial charge in [0.2, 0.25) is 5.95 Å². The van der Waals surface area contributed by atoms with Crippen LogP contribution < -0.4 is 10.2 Å². The number of rotatable bonds is 7. The number of halogens is 3. The Morgan fingerprint density at radius 1 is 1.05 bits per heavy atom. The number of hydrogen-bond donors (Lipinski definition) is 2. The monoisotopic (exact) mass is 559 g/mol. The molecule has 1 saturated heterocycles. The molecule has 5 aromatic rings. The summed E-state index contributed by atoms with van der Waals surface area (Å²) >= 11 is 0. The third kappa shape index (κ3) is 5.20. The Bertz CT molecular complexity index is 1670. The number of pyridine rings is 1. The molecule has 210 valence electrons. The van der Waals surface area contributed by atoms with Gasteiger partial charge in [0.05, 0.1) is 29.5 Å². The van der Waals surface area contributed by atoms with Crippen molar-refractivity contribution in [2.75, 3.05) is 23.4 Å². The summed E-state index contributed by atoms with van der Waals surface area (Å²) in [5.41, 5.74) is 2.52. The maximum absolute atomic E-state index is 13.7. The lowest BCUT2D eigenvalue weighted by Crippen LogP contribution is -2.34. The summed E-state index contributed by atoms with van der Waals surface area (Å²) < 4.78 is 42.9. The van der Waals surface area contributed by atoms with Gasteiger partial charge in [-0.3, -0.25) is 4.40 Å². The van der Waals surface area contributed by atoms with E-state index in [1.165, 1.54) is 12.4 Å². The topological polar surface area (TPSA) is 91.5 Å². The molecule has 2 aromatic carbocycles. The fourth-order valence-corrected chi connectivity index (χ4v) is 5.39. The molecule has 0 bridgehead atoms. The summed E-state index contributed by atoms with van der Waals surface area (Å²) in [7, 11) is 0. The van der Waals surface area contributed by atoms with E-state index in [9.17, 15) is 18.3 Å². The molecular weight excluding hydrogens is 531 g/mol. The maximum Gasteiger partial charge on any atom is 0.416 e. The van der Waals surface area contributed by atoms with Crippen LogP contribution in [0.4, 0.5) is 24.9 Å². The molecule has 0 amide bonds. The molecule has 8 nitrogen and oxygen atoms in total. The van der Waals surface area contributed by atoms with Gasteiger partial charge in [-0.05, 0) is 55.2 Å². The fourth-order valence-electron chi connectivity index (χ4n) is 5.39. The predicted molar refractivity (Wildman–Crippen MR) is 150 cm³/mol. The van der Waals surface area contributed by atoms with Crippen LogP contribution in [-0.4, -0.2) is 48.9 Å². The lowest BCUT2D eigenvalue weighted by molar-refractivity contribution is -0.137. The molecule has 1 aliphatic rings. The average Bonchev–Trinajstić information content (AvgIpc) is 3.67. The van der Waals surface area contributed by atoms with E-state index in [2.05, 4.69) is 20.5 Å². The van der Waals surface area contributed by atoms with Crippen LogP contribution in [0.5, 0.6) is 0 Å². The maximum atomic E-state index is 13.7. The Kier molecular flexibility index (Phi) is 7.04. The minimum absolute atomic E-state index is 0.0423. The Labute approximate surface area is 234 Å². The van der Waals surface area contributed by atoms with Crippen molar-refractivity contribution in [3.63, 3.8) is 0 Å². The first-order valence-electron chi connectivity index (χ1n) is 13.4. The van der Waals surface area contributed by atoms with Crippen molar-refractivity contribution >= 4 is 17.4 Å². The minimum atomic E-state index is -4.52. The van der Waals surface area contributed by atoms with E-state index in [0.29, 0.717) is 46.3 Å². The molecule has 41 heavy (non-hydrogen) atoms. The van der Waals surface area contributed by atoms with Gasteiger partial charge in [-0.1, -0.05) is 42.5 Å². The molecule has 0 unspecified atom stereocenters. The van der Waals surface area contributed by atoms with E-state index in [-0.39, 0.29) is 18.7 Å². The largest absolute Gasteiger partial charge is 0.416 e. The van der Waals surface area contributed by atoms with E-state index in [1.54, 1.807) is 22.7 Å². The zero-order valence-corrected chi connectivity index (χ0v) is 22.3. The Balaban J connectivity index is 1.53. The van der Waals surface area contributed by atoms with Gasteiger partial charge in [0.25, 0.3) is 0 Å². The first-order chi connectivity index (χ1) is 19.8. The third-order valence-corrected chi connectivity index (χ3v) is 7.46. The summed E-state index contributed by atoms with van der Waals surface area (Å²) in [6, 6.07) is 18.5. The van der Waals surface area contributed by atoms with E-state index in [4.69, 9.17) is 4.98 Å². The molecule has 0 saturated carbocycles. The highest BCUT2D eigenvalue weighted by molar-refractivity contribution is 5.91. The van der Waals surface area contributed by atoms with Crippen molar-refractivity contribution in [1.82, 2.24) is 24.6 Å². The Morgan fingerprint density at radius 3 is 2.66 bits per heavy atom. The van der Waals surface area contributed by atoms with Crippen molar-refractivity contribution in [2.24, 2.45) is 0 Å². The number of anilines is 2. The van der Waals surface area contributed by atoms with Crippen molar-refractivity contribution in [3.05, 3.63) is 90.4 Å². The molecule has 6 rings (SSSR count). The number of nitrogens with zero attached hydrogens (tertiary/aromatic N) is 6. The van der Waals surface area contributed by atoms with Gasteiger partial charge in [-0.25, -0.2) is 9.97 Å². The summed E-state index contributed by atoms with van der Waals surface area (Å²) in [6.45, 7) is 2.65. The lowest BCUT2D eigenvalue weighted by Gasteiger charge is -2.26. The Morgan fingerprint density at radius 2 is 1.88 bits per heavy atom. The molecule has 1 aliphatic heterocycles. The van der Waals surface area contributed by atoms with E-state index < -0.39 is 11.7 Å². The van der Waals surface area contributed by atoms with Gasteiger partial charge in [-0.15, -0.1) is 10.2 Å². The van der Waals surface area contributed by atoms with Gasteiger partial charge in [0.15, 0.2) is 5.65 Å². The van der Waals surface area contributed by atoms with Crippen molar-refractivity contribution in [2.45, 2.75) is 38.0 Å². The number of hydrogen-bond acceptors (Lipinski definition) is 7. The molecule has 2 atom stereocenters. The van der Waals surface area contributed by atoms with E-state index >= 15 is 0 Å². The van der Waals surface area contributed by atoms with Crippen LogP contribution in [0.1, 0.15) is 36.9 Å². The highest BCUT2D eigenvalue weighted by atomic mass is 19.4. The number of aromatic nitrogens is 5. The highest BCUT2D eigenvalue weighted by Gasteiger charge is 2.32. The van der Waals surface area contributed by atoms with Gasteiger partial charge in [0, 0.05) is 24.3 Å². The normalized spacial score (nSPS) is 16.3. The molecule has 1 fully saturated rings. The van der Waals surface area contributed by atoms with Gasteiger partial charge < -0.3 is 15.3 Å². The molecule has 11 heteroatoms. The number of aliphatic hydroxyl groups excluding tert-OH is 1. The van der Waals surface area contributed by atoms with E-state index in [1.807, 2.05) is 48.2 Å². The molecule has 3 aromatic heterocycles. The average molecular weight is 560 g/mol. The molecular formula is C30H28F3N7O. The fraction of sp³-hybridized carbons (Fsp3) is 0.267. The van der Waals surface area contributed by atoms with Crippen LogP contribution in [0.15, 0.2) is 79.3 Å². The number of benzene rings is 2. The second-order valence-corrected chi connectivity index (χ2v) is 10.1. The molecule has 2 N–H and O–H groups in total. The second-order valence-electron chi connectivity index (χ2n) is 10.1. The van der Waals surface area contributed by atoms with Crippen LogP contribution >= 0.6 is 0 Å². The number of fused-ring (bicyclic) bond motifs is 1. The molecule has 0 aliphatic carbocycles. The summed E-state index contributed by atoms with van der Waals surface area (Å²) in [5, 5.41) is 21.9. The van der Waals surface area contributed by atoms with Crippen molar-refractivity contribution in [3.8, 4) is 22.4 Å². The summed E-state index contributed by atoms with van der Waals surface area (Å²) in [6.07, 6.45) is 0.313. The minimum Gasteiger partial charge on any atom is -0.394 e. The second kappa shape index (κ2) is 10.8. The first-order valence-corrected chi connectivity index (χ1v) is 13.4. The zero-order valence-electron chi connectivity index (χ0n) is 22.3. The van der Waals surface area contributed by atoms with Crippen LogP contribution in [0.3, 0.4) is 0 Å².